The van der Waals surface area contributed by atoms with Crippen LogP contribution in [-0.2, 0) is 11.2 Å². The Bertz CT molecular complexity index is 585. The number of carboxylic acid groups (broad SMARTS) is 1. The molecule has 2 heterocycles. The number of hydrogen-bond acceptors (Lipinski definition) is 3. The monoisotopic (exact) mass is 288 g/mol. The molecule has 2 N–H and O–H groups in total. The number of fused-ring (bicyclic) bond motifs is 1. The summed E-state index contributed by atoms with van der Waals surface area (Å²) in [5.74, 6) is -1.29. The zero-order chi connectivity index (χ0) is 15.0. The highest BCUT2D eigenvalue weighted by molar-refractivity contribution is 5.97. The maximum atomic E-state index is 12.7. The van der Waals surface area contributed by atoms with Gasteiger partial charge in [-0.3, -0.25) is 9.59 Å². The molecule has 2 aliphatic heterocycles. The van der Waals surface area contributed by atoms with Crippen LogP contribution in [0, 0.1) is 11.8 Å². The van der Waals surface area contributed by atoms with E-state index < -0.39 is 11.9 Å². The van der Waals surface area contributed by atoms with Gasteiger partial charge in [0, 0.05) is 30.9 Å². The van der Waals surface area contributed by atoms with Crippen LogP contribution in [0.3, 0.4) is 0 Å². The molecular weight excluding hydrogens is 268 g/mol. The van der Waals surface area contributed by atoms with Gasteiger partial charge in [0.05, 0.1) is 5.92 Å². The van der Waals surface area contributed by atoms with Crippen molar-refractivity contribution < 1.29 is 14.7 Å². The Morgan fingerprint density at radius 3 is 2.86 bits per heavy atom. The number of carboxylic acids is 1. The van der Waals surface area contributed by atoms with E-state index >= 15 is 0 Å². The molecular formula is C16H20N2O3. The van der Waals surface area contributed by atoms with Crippen molar-refractivity contribution in [2.24, 2.45) is 11.8 Å². The minimum atomic E-state index is -0.811. The van der Waals surface area contributed by atoms with Crippen molar-refractivity contribution >= 4 is 17.6 Å². The third-order valence-corrected chi connectivity index (χ3v) is 4.54. The summed E-state index contributed by atoms with van der Waals surface area (Å²) in [6.45, 7) is 3.67. The van der Waals surface area contributed by atoms with Crippen molar-refractivity contribution in [3.63, 3.8) is 0 Å². The molecule has 21 heavy (non-hydrogen) atoms. The van der Waals surface area contributed by atoms with E-state index in [0.717, 1.165) is 36.2 Å². The summed E-state index contributed by atoms with van der Waals surface area (Å²) < 4.78 is 0. The average Bonchev–Trinajstić information content (AvgIpc) is 2.88. The highest BCUT2D eigenvalue weighted by atomic mass is 16.4. The molecule has 2 unspecified atom stereocenters. The Labute approximate surface area is 123 Å². The summed E-state index contributed by atoms with van der Waals surface area (Å²) in [7, 11) is 0. The van der Waals surface area contributed by atoms with E-state index in [-0.39, 0.29) is 11.8 Å². The number of likely N-dealkylation sites (tertiary alicyclic amines) is 1. The lowest BCUT2D eigenvalue weighted by molar-refractivity contribution is -0.142. The molecule has 2 atom stereocenters. The first-order valence-corrected chi connectivity index (χ1v) is 7.45. The molecule has 1 aromatic carbocycles. The fourth-order valence-corrected chi connectivity index (χ4v) is 3.33. The van der Waals surface area contributed by atoms with E-state index in [9.17, 15) is 14.7 Å². The summed E-state index contributed by atoms with van der Waals surface area (Å²) in [6.07, 6.45) is 1.92. The number of benzene rings is 1. The van der Waals surface area contributed by atoms with Gasteiger partial charge in [-0.05, 0) is 36.5 Å². The zero-order valence-corrected chi connectivity index (χ0v) is 12.1. The van der Waals surface area contributed by atoms with Crippen LogP contribution in [0.1, 0.15) is 29.3 Å². The van der Waals surface area contributed by atoms with Gasteiger partial charge in [-0.2, -0.15) is 0 Å². The van der Waals surface area contributed by atoms with Gasteiger partial charge in [-0.1, -0.05) is 13.0 Å². The molecule has 5 heteroatoms. The lowest BCUT2D eigenvalue weighted by Gasteiger charge is -2.23. The van der Waals surface area contributed by atoms with Gasteiger partial charge in [-0.25, -0.2) is 0 Å². The summed E-state index contributed by atoms with van der Waals surface area (Å²) >= 11 is 0. The van der Waals surface area contributed by atoms with Gasteiger partial charge in [0.25, 0.3) is 5.91 Å². The molecule has 0 spiro atoms. The van der Waals surface area contributed by atoms with Gasteiger partial charge in [0.15, 0.2) is 0 Å². The molecule has 3 rings (SSSR count). The molecule has 112 valence electrons. The Hall–Kier alpha value is -2.04. The second-order valence-corrected chi connectivity index (χ2v) is 5.99. The Balaban J connectivity index is 1.85. The average molecular weight is 288 g/mol. The predicted molar refractivity (Wildman–Crippen MR) is 79.4 cm³/mol. The molecule has 0 aliphatic carbocycles. The number of aliphatic carboxylic acids is 1. The first-order chi connectivity index (χ1) is 10.1. The zero-order valence-electron chi connectivity index (χ0n) is 12.1. The van der Waals surface area contributed by atoms with Gasteiger partial charge < -0.3 is 15.3 Å². The number of amides is 1. The molecule has 1 amide bonds. The quantitative estimate of drug-likeness (QED) is 0.871. The van der Waals surface area contributed by atoms with Crippen LogP contribution in [0.15, 0.2) is 18.2 Å². The minimum absolute atomic E-state index is 0.00381. The Kier molecular flexibility index (Phi) is 3.57. The fourth-order valence-electron chi connectivity index (χ4n) is 3.33. The fraction of sp³-hybridized carbons (Fsp3) is 0.500. The topological polar surface area (TPSA) is 69.6 Å². The third-order valence-electron chi connectivity index (χ3n) is 4.54. The standard InChI is InChI=1S/C16H20N2O3/c1-10-8-18(9-13(10)16(20)21)15(19)12-4-2-6-14-11(12)5-3-7-17-14/h2,4,6,10,13,17H,3,5,7-9H2,1H3,(H,20,21). The second kappa shape index (κ2) is 5.39. The number of rotatable bonds is 2. The van der Waals surface area contributed by atoms with E-state index in [1.165, 1.54) is 0 Å². The number of nitrogens with zero attached hydrogens (tertiary/aromatic N) is 1. The summed E-state index contributed by atoms with van der Waals surface area (Å²) in [4.78, 5) is 25.6. The van der Waals surface area contributed by atoms with Gasteiger partial charge in [0.1, 0.15) is 0 Å². The lowest BCUT2D eigenvalue weighted by atomic mass is 9.97. The van der Waals surface area contributed by atoms with Crippen molar-refractivity contribution in [1.29, 1.82) is 0 Å². The maximum absolute atomic E-state index is 12.7. The molecule has 0 aromatic heterocycles. The molecule has 5 nitrogen and oxygen atoms in total. The van der Waals surface area contributed by atoms with Crippen LogP contribution >= 0.6 is 0 Å². The van der Waals surface area contributed by atoms with Gasteiger partial charge in [0.2, 0.25) is 0 Å². The molecule has 1 fully saturated rings. The summed E-state index contributed by atoms with van der Waals surface area (Å²) in [6, 6.07) is 5.74. The van der Waals surface area contributed by atoms with Crippen LogP contribution < -0.4 is 5.32 Å². The predicted octanol–water partition coefficient (Wildman–Crippen LogP) is 1.84. The number of anilines is 1. The van der Waals surface area contributed by atoms with Crippen LogP contribution in [0.4, 0.5) is 5.69 Å². The van der Waals surface area contributed by atoms with Crippen molar-refractivity contribution in [1.82, 2.24) is 4.90 Å². The van der Waals surface area contributed by atoms with Crippen LogP contribution in [0.2, 0.25) is 0 Å². The van der Waals surface area contributed by atoms with Crippen molar-refractivity contribution in [3.05, 3.63) is 29.3 Å². The van der Waals surface area contributed by atoms with Crippen molar-refractivity contribution in [2.45, 2.75) is 19.8 Å². The normalized spacial score (nSPS) is 24.3. The summed E-state index contributed by atoms with van der Waals surface area (Å²) in [5.41, 5.74) is 2.83. The second-order valence-electron chi connectivity index (χ2n) is 5.99. The molecule has 1 saturated heterocycles. The van der Waals surface area contributed by atoms with Gasteiger partial charge in [-0.15, -0.1) is 0 Å². The summed E-state index contributed by atoms with van der Waals surface area (Å²) in [5, 5.41) is 12.5. The highest BCUT2D eigenvalue weighted by Gasteiger charge is 2.37. The highest BCUT2D eigenvalue weighted by Crippen LogP contribution is 2.29. The number of carbonyl (C=O) groups excluding carboxylic acids is 1. The Morgan fingerprint density at radius 1 is 1.33 bits per heavy atom. The molecule has 1 aromatic rings. The first kappa shape index (κ1) is 13.9. The number of hydrogen-bond donors (Lipinski definition) is 2. The largest absolute Gasteiger partial charge is 0.481 e. The van der Waals surface area contributed by atoms with E-state index in [2.05, 4.69) is 5.32 Å². The Morgan fingerprint density at radius 2 is 2.14 bits per heavy atom. The third kappa shape index (κ3) is 2.48. The number of nitrogens with one attached hydrogen (secondary N) is 1. The smallest absolute Gasteiger partial charge is 0.308 e. The van der Waals surface area contributed by atoms with Crippen LogP contribution in [-0.4, -0.2) is 41.5 Å². The van der Waals surface area contributed by atoms with Crippen molar-refractivity contribution in [3.8, 4) is 0 Å². The van der Waals surface area contributed by atoms with E-state index in [0.29, 0.717) is 13.1 Å². The first-order valence-electron chi connectivity index (χ1n) is 7.45. The van der Waals surface area contributed by atoms with Crippen LogP contribution in [0.25, 0.3) is 0 Å². The molecule has 2 aliphatic rings. The lowest BCUT2D eigenvalue weighted by Crippen LogP contribution is -2.31. The van der Waals surface area contributed by atoms with E-state index in [1.807, 2.05) is 25.1 Å². The van der Waals surface area contributed by atoms with Crippen molar-refractivity contribution in [2.75, 3.05) is 25.0 Å². The molecule has 0 radical (unpaired) electrons. The maximum Gasteiger partial charge on any atom is 0.308 e. The van der Waals surface area contributed by atoms with E-state index in [4.69, 9.17) is 0 Å². The molecule has 0 bridgehead atoms. The minimum Gasteiger partial charge on any atom is -0.481 e. The van der Waals surface area contributed by atoms with Gasteiger partial charge >= 0.3 is 5.97 Å². The SMILES string of the molecule is CC1CN(C(=O)c2cccc3c2CCCN3)CC1C(=O)O. The van der Waals surface area contributed by atoms with E-state index in [1.54, 1.807) is 4.90 Å². The number of carbonyl (C=O) groups is 2. The van der Waals surface area contributed by atoms with Crippen LogP contribution in [0.5, 0.6) is 0 Å². The molecule has 0 saturated carbocycles.